The number of aromatic nitrogens is 2. The maximum atomic E-state index is 12.7. The molecule has 3 N–H and O–H groups in total. The van der Waals surface area contributed by atoms with Gasteiger partial charge >= 0.3 is 0 Å². The van der Waals surface area contributed by atoms with Crippen molar-refractivity contribution in [3.63, 3.8) is 0 Å². The Morgan fingerprint density at radius 3 is 2.58 bits per heavy atom. The molecule has 0 radical (unpaired) electrons. The molecule has 136 valence electrons. The molecule has 0 unspecified atom stereocenters. The molecule has 2 aliphatic carbocycles. The average molecular weight is 352 g/mol. The van der Waals surface area contributed by atoms with Gasteiger partial charge < -0.3 is 10.6 Å². The van der Waals surface area contributed by atoms with Gasteiger partial charge in [0.25, 0.3) is 5.91 Å². The van der Waals surface area contributed by atoms with Crippen LogP contribution in [0.3, 0.4) is 0 Å². The van der Waals surface area contributed by atoms with Gasteiger partial charge in [-0.05, 0) is 37.7 Å². The minimum Gasteiger partial charge on any atom is -0.354 e. The van der Waals surface area contributed by atoms with E-state index in [1.165, 1.54) is 12.8 Å². The van der Waals surface area contributed by atoms with Crippen LogP contribution >= 0.6 is 0 Å². The smallest absolute Gasteiger partial charge is 0.270 e. The first-order valence-corrected chi connectivity index (χ1v) is 9.38. The van der Waals surface area contributed by atoms with Gasteiger partial charge in [0.1, 0.15) is 11.2 Å². The van der Waals surface area contributed by atoms with Crippen LogP contribution in [0.15, 0.2) is 36.4 Å². The van der Waals surface area contributed by atoms with Gasteiger partial charge in [-0.1, -0.05) is 43.2 Å². The summed E-state index contributed by atoms with van der Waals surface area (Å²) < 4.78 is 0. The summed E-state index contributed by atoms with van der Waals surface area (Å²) in [6.45, 7) is 0.721. The van der Waals surface area contributed by atoms with Gasteiger partial charge in [0.2, 0.25) is 5.91 Å². The van der Waals surface area contributed by atoms with Crippen molar-refractivity contribution in [1.82, 2.24) is 20.8 Å². The van der Waals surface area contributed by atoms with E-state index in [1.54, 1.807) is 6.07 Å². The molecule has 0 atom stereocenters. The van der Waals surface area contributed by atoms with Gasteiger partial charge in [-0.25, -0.2) is 0 Å². The van der Waals surface area contributed by atoms with Crippen molar-refractivity contribution in [2.45, 2.75) is 44.1 Å². The van der Waals surface area contributed by atoms with Gasteiger partial charge in [0, 0.05) is 12.1 Å². The molecule has 2 aliphatic rings. The number of carbonyl (C=O) groups excluding carboxylic acids is 2. The van der Waals surface area contributed by atoms with E-state index in [4.69, 9.17) is 0 Å². The summed E-state index contributed by atoms with van der Waals surface area (Å²) in [4.78, 5) is 25.5. The van der Waals surface area contributed by atoms with Gasteiger partial charge in [0.05, 0.1) is 5.69 Å². The molecule has 2 amide bonds. The summed E-state index contributed by atoms with van der Waals surface area (Å²) in [5, 5.41) is 13.1. The van der Waals surface area contributed by atoms with Gasteiger partial charge in [-0.15, -0.1) is 0 Å². The van der Waals surface area contributed by atoms with Crippen molar-refractivity contribution < 1.29 is 9.59 Å². The quantitative estimate of drug-likeness (QED) is 0.747. The second-order valence-electron chi connectivity index (χ2n) is 7.43. The Morgan fingerprint density at radius 1 is 1.15 bits per heavy atom. The molecule has 1 aromatic heterocycles. The highest BCUT2D eigenvalue weighted by molar-refractivity contribution is 5.98. The lowest BCUT2D eigenvalue weighted by atomic mass is 9.95. The Bertz CT molecular complexity index is 789. The number of nitrogens with zero attached hydrogens (tertiary/aromatic N) is 1. The molecule has 2 saturated carbocycles. The Morgan fingerprint density at radius 2 is 1.88 bits per heavy atom. The molecule has 6 nitrogen and oxygen atoms in total. The second-order valence-corrected chi connectivity index (χ2v) is 7.43. The van der Waals surface area contributed by atoms with Crippen LogP contribution in [-0.4, -0.2) is 34.1 Å². The monoisotopic (exact) mass is 352 g/mol. The number of carbonyl (C=O) groups is 2. The molecule has 0 saturated heterocycles. The SMILES string of the molecule is O=C(NC1(C(=O)NCC2CC2)CCCC1)c1cc(-c2ccccc2)n[nH]1. The topological polar surface area (TPSA) is 86.9 Å². The first-order valence-electron chi connectivity index (χ1n) is 9.38. The zero-order valence-corrected chi connectivity index (χ0v) is 14.8. The Balaban J connectivity index is 1.46. The van der Waals surface area contributed by atoms with E-state index >= 15 is 0 Å². The zero-order valence-electron chi connectivity index (χ0n) is 14.8. The van der Waals surface area contributed by atoms with E-state index in [9.17, 15) is 9.59 Å². The van der Waals surface area contributed by atoms with Crippen LogP contribution < -0.4 is 10.6 Å². The molecular weight excluding hydrogens is 328 g/mol. The van der Waals surface area contributed by atoms with Crippen molar-refractivity contribution >= 4 is 11.8 Å². The van der Waals surface area contributed by atoms with Crippen LogP contribution in [0.25, 0.3) is 11.3 Å². The van der Waals surface area contributed by atoms with Crippen LogP contribution in [0.4, 0.5) is 0 Å². The molecule has 4 rings (SSSR count). The molecule has 26 heavy (non-hydrogen) atoms. The molecule has 6 heteroatoms. The maximum absolute atomic E-state index is 12.7. The summed E-state index contributed by atoms with van der Waals surface area (Å²) >= 11 is 0. The number of benzene rings is 1. The molecule has 1 heterocycles. The predicted octanol–water partition coefficient (Wildman–Crippen LogP) is 2.65. The minimum atomic E-state index is -0.788. The second kappa shape index (κ2) is 6.94. The van der Waals surface area contributed by atoms with E-state index in [0.29, 0.717) is 24.5 Å². The number of hydrogen-bond acceptors (Lipinski definition) is 3. The predicted molar refractivity (Wildman–Crippen MR) is 98.4 cm³/mol. The molecule has 2 aromatic rings. The summed E-state index contributed by atoms with van der Waals surface area (Å²) in [6, 6.07) is 11.4. The highest BCUT2D eigenvalue weighted by Gasteiger charge is 2.43. The third-order valence-corrected chi connectivity index (χ3v) is 5.38. The standard InChI is InChI=1S/C20H24N4O2/c25-18(17-12-16(23-24-17)15-6-2-1-3-7-15)22-20(10-4-5-11-20)19(26)21-13-14-8-9-14/h1-3,6-7,12,14H,4-5,8-11,13H2,(H,21,26)(H,22,25)(H,23,24). The fourth-order valence-corrected chi connectivity index (χ4v) is 3.60. The van der Waals surface area contributed by atoms with Crippen molar-refractivity contribution in [3.05, 3.63) is 42.1 Å². The first kappa shape index (κ1) is 16.8. The average Bonchev–Trinajstić information content (AvgIpc) is 3.16. The third kappa shape index (κ3) is 3.49. The largest absolute Gasteiger partial charge is 0.354 e. The van der Waals surface area contributed by atoms with Crippen molar-refractivity contribution in [1.29, 1.82) is 0 Å². The Kier molecular flexibility index (Phi) is 4.49. The van der Waals surface area contributed by atoms with Crippen molar-refractivity contribution in [3.8, 4) is 11.3 Å². The van der Waals surface area contributed by atoms with Crippen LogP contribution in [-0.2, 0) is 4.79 Å². The number of rotatable bonds is 6. The lowest BCUT2D eigenvalue weighted by Gasteiger charge is -2.28. The number of nitrogens with one attached hydrogen (secondary N) is 3. The highest BCUT2D eigenvalue weighted by Crippen LogP contribution is 2.32. The van der Waals surface area contributed by atoms with E-state index in [1.807, 2.05) is 30.3 Å². The Hall–Kier alpha value is -2.63. The van der Waals surface area contributed by atoms with Gasteiger partial charge in [-0.2, -0.15) is 5.10 Å². The lowest BCUT2D eigenvalue weighted by molar-refractivity contribution is -0.127. The van der Waals surface area contributed by atoms with Gasteiger partial charge in [-0.3, -0.25) is 14.7 Å². The summed E-state index contributed by atoms with van der Waals surface area (Å²) in [7, 11) is 0. The number of H-pyrrole nitrogens is 1. The maximum Gasteiger partial charge on any atom is 0.270 e. The molecule has 0 aliphatic heterocycles. The Labute approximate surface area is 152 Å². The normalized spacial score (nSPS) is 18.5. The minimum absolute atomic E-state index is 0.0435. The number of hydrogen-bond donors (Lipinski definition) is 3. The van der Waals surface area contributed by atoms with Crippen LogP contribution in [0.5, 0.6) is 0 Å². The van der Waals surface area contributed by atoms with E-state index < -0.39 is 5.54 Å². The number of amides is 2. The highest BCUT2D eigenvalue weighted by atomic mass is 16.2. The first-order chi connectivity index (χ1) is 12.7. The number of aromatic amines is 1. The third-order valence-electron chi connectivity index (χ3n) is 5.38. The molecule has 0 spiro atoms. The summed E-state index contributed by atoms with van der Waals surface area (Å²) in [6.07, 6.45) is 5.67. The van der Waals surface area contributed by atoms with Crippen LogP contribution in [0.1, 0.15) is 49.0 Å². The van der Waals surface area contributed by atoms with E-state index in [-0.39, 0.29) is 11.8 Å². The molecule has 1 aromatic carbocycles. The fraction of sp³-hybridized carbons (Fsp3) is 0.450. The van der Waals surface area contributed by atoms with Crippen LogP contribution in [0, 0.1) is 5.92 Å². The van der Waals surface area contributed by atoms with Gasteiger partial charge in [0.15, 0.2) is 0 Å². The molecular formula is C20H24N4O2. The summed E-state index contributed by atoms with van der Waals surface area (Å²) in [5.74, 6) is 0.301. The molecule has 0 bridgehead atoms. The van der Waals surface area contributed by atoms with Crippen molar-refractivity contribution in [2.75, 3.05) is 6.54 Å². The van der Waals surface area contributed by atoms with Crippen LogP contribution in [0.2, 0.25) is 0 Å². The van der Waals surface area contributed by atoms with E-state index in [0.717, 1.165) is 30.6 Å². The lowest BCUT2D eigenvalue weighted by Crippen LogP contribution is -2.57. The molecule has 2 fully saturated rings. The van der Waals surface area contributed by atoms with Crippen molar-refractivity contribution in [2.24, 2.45) is 5.92 Å². The van der Waals surface area contributed by atoms with E-state index in [2.05, 4.69) is 20.8 Å². The zero-order chi connectivity index (χ0) is 18.0. The summed E-state index contributed by atoms with van der Waals surface area (Å²) in [5.41, 5.74) is 1.25. The fourth-order valence-electron chi connectivity index (χ4n) is 3.60.